The molecule has 88 valence electrons. The third-order valence-electron chi connectivity index (χ3n) is 2.04. The summed E-state index contributed by atoms with van der Waals surface area (Å²) in [6.45, 7) is 0.669. The summed E-state index contributed by atoms with van der Waals surface area (Å²) in [7, 11) is 1.86. The first-order chi connectivity index (χ1) is 8.28. The van der Waals surface area contributed by atoms with Gasteiger partial charge in [-0.15, -0.1) is 0 Å². The van der Waals surface area contributed by atoms with E-state index < -0.39 is 0 Å². The first-order valence-electron chi connectivity index (χ1n) is 5.17. The molecule has 0 amide bonds. The number of ether oxygens (including phenoxy) is 1. The van der Waals surface area contributed by atoms with Crippen molar-refractivity contribution in [2.45, 2.75) is 6.54 Å². The molecule has 0 bridgehead atoms. The zero-order valence-electron chi connectivity index (χ0n) is 9.35. The van der Waals surface area contributed by atoms with Gasteiger partial charge in [0.1, 0.15) is 5.75 Å². The molecule has 2 aromatic rings. The first kappa shape index (κ1) is 12.0. The van der Waals surface area contributed by atoms with E-state index in [2.05, 4.69) is 31.2 Å². The minimum Gasteiger partial charge on any atom is -0.437 e. The van der Waals surface area contributed by atoms with Crippen molar-refractivity contribution < 1.29 is 4.74 Å². The number of benzene rings is 1. The van der Waals surface area contributed by atoms with Crippen LogP contribution in [0, 0.1) is 0 Å². The number of nitrogens with zero attached hydrogens (tertiary/aromatic N) is 2. The van der Waals surface area contributed by atoms with Gasteiger partial charge in [-0.25, -0.2) is 4.98 Å². The molecule has 1 aromatic carbocycles. The van der Waals surface area contributed by atoms with Crippen LogP contribution in [-0.2, 0) is 6.54 Å². The van der Waals surface area contributed by atoms with Crippen molar-refractivity contribution in [2.75, 3.05) is 7.05 Å². The molecule has 0 aliphatic carbocycles. The molecule has 17 heavy (non-hydrogen) atoms. The summed E-state index contributed by atoms with van der Waals surface area (Å²) in [6.07, 6.45) is 3.31. The quantitative estimate of drug-likeness (QED) is 0.942. The third-order valence-corrected chi connectivity index (χ3v) is 2.53. The lowest BCUT2D eigenvalue weighted by atomic mass is 10.3. The Bertz CT molecular complexity index is 505. The number of nitrogens with one attached hydrogen (secondary N) is 1. The van der Waals surface area contributed by atoms with Crippen molar-refractivity contribution in [3.63, 3.8) is 0 Å². The van der Waals surface area contributed by atoms with E-state index in [9.17, 15) is 0 Å². The van der Waals surface area contributed by atoms with Gasteiger partial charge in [0.05, 0.1) is 11.9 Å². The van der Waals surface area contributed by atoms with E-state index in [0.717, 1.165) is 15.9 Å². The SMILES string of the molecule is CNCc1cncc(Oc2cccc(Br)c2)n1. The van der Waals surface area contributed by atoms with E-state index in [-0.39, 0.29) is 0 Å². The van der Waals surface area contributed by atoms with Crippen molar-refractivity contribution in [1.82, 2.24) is 15.3 Å². The Kier molecular flexibility index (Phi) is 4.06. The van der Waals surface area contributed by atoms with E-state index >= 15 is 0 Å². The molecule has 0 saturated carbocycles. The van der Waals surface area contributed by atoms with Gasteiger partial charge in [-0.05, 0) is 25.2 Å². The largest absolute Gasteiger partial charge is 0.437 e. The molecule has 0 aliphatic heterocycles. The van der Waals surface area contributed by atoms with Gasteiger partial charge in [0.2, 0.25) is 5.88 Å². The van der Waals surface area contributed by atoms with E-state index in [4.69, 9.17) is 4.74 Å². The van der Waals surface area contributed by atoms with E-state index in [1.165, 1.54) is 0 Å². The van der Waals surface area contributed by atoms with Crippen LogP contribution in [0.3, 0.4) is 0 Å². The Hall–Kier alpha value is -1.46. The highest BCUT2D eigenvalue weighted by Gasteiger charge is 2.01. The van der Waals surface area contributed by atoms with Gasteiger partial charge < -0.3 is 10.1 Å². The van der Waals surface area contributed by atoms with Crippen LogP contribution in [0.5, 0.6) is 11.6 Å². The fourth-order valence-electron chi connectivity index (χ4n) is 1.35. The summed E-state index contributed by atoms with van der Waals surface area (Å²) in [5.74, 6) is 1.23. The maximum absolute atomic E-state index is 5.61. The first-order valence-corrected chi connectivity index (χ1v) is 5.96. The van der Waals surface area contributed by atoms with Gasteiger partial charge in [0.15, 0.2) is 0 Å². The maximum atomic E-state index is 5.61. The molecule has 0 spiro atoms. The summed E-state index contributed by atoms with van der Waals surface area (Å²) in [5.41, 5.74) is 0.847. The third kappa shape index (κ3) is 3.51. The highest BCUT2D eigenvalue weighted by atomic mass is 79.9. The van der Waals surface area contributed by atoms with Gasteiger partial charge in [0.25, 0.3) is 0 Å². The molecular formula is C12H12BrN3O. The molecule has 0 atom stereocenters. The maximum Gasteiger partial charge on any atom is 0.238 e. The van der Waals surface area contributed by atoms with E-state index in [0.29, 0.717) is 12.4 Å². The molecule has 0 radical (unpaired) electrons. The Morgan fingerprint density at radius 1 is 1.35 bits per heavy atom. The summed E-state index contributed by atoms with van der Waals surface area (Å²) < 4.78 is 6.58. The molecule has 0 aliphatic rings. The second-order valence-corrected chi connectivity index (χ2v) is 4.35. The van der Waals surface area contributed by atoms with Crippen LogP contribution in [0.4, 0.5) is 0 Å². The Labute approximate surface area is 108 Å². The summed E-state index contributed by atoms with van der Waals surface area (Å²) in [6, 6.07) is 7.60. The minimum absolute atomic E-state index is 0.496. The monoisotopic (exact) mass is 293 g/mol. The minimum atomic E-state index is 0.496. The average molecular weight is 294 g/mol. The number of aromatic nitrogens is 2. The fraction of sp³-hybridized carbons (Fsp3) is 0.167. The topological polar surface area (TPSA) is 47.0 Å². The predicted octanol–water partition coefficient (Wildman–Crippen LogP) is 2.75. The predicted molar refractivity (Wildman–Crippen MR) is 69.0 cm³/mol. The van der Waals surface area contributed by atoms with Crippen LogP contribution < -0.4 is 10.1 Å². The zero-order chi connectivity index (χ0) is 12.1. The van der Waals surface area contributed by atoms with Gasteiger partial charge >= 0.3 is 0 Å². The molecule has 0 fully saturated rings. The number of halogens is 1. The summed E-state index contributed by atoms with van der Waals surface area (Å²) >= 11 is 3.39. The Morgan fingerprint density at radius 3 is 3.00 bits per heavy atom. The fourth-order valence-corrected chi connectivity index (χ4v) is 1.73. The molecule has 1 aromatic heterocycles. The smallest absolute Gasteiger partial charge is 0.238 e. The standard InChI is InChI=1S/C12H12BrN3O/c1-14-6-10-7-15-8-12(16-10)17-11-4-2-3-9(13)5-11/h2-5,7-8,14H,6H2,1H3. The zero-order valence-corrected chi connectivity index (χ0v) is 10.9. The number of rotatable bonds is 4. The second kappa shape index (κ2) is 5.75. The lowest BCUT2D eigenvalue weighted by Crippen LogP contribution is -2.07. The van der Waals surface area contributed by atoms with Crippen molar-refractivity contribution in [1.29, 1.82) is 0 Å². The van der Waals surface area contributed by atoms with Crippen molar-refractivity contribution >= 4 is 15.9 Å². The number of hydrogen-bond acceptors (Lipinski definition) is 4. The van der Waals surface area contributed by atoms with Gasteiger partial charge in [-0.2, -0.15) is 0 Å². The molecule has 2 rings (SSSR count). The van der Waals surface area contributed by atoms with Crippen LogP contribution in [-0.4, -0.2) is 17.0 Å². The molecule has 1 heterocycles. The molecule has 1 N–H and O–H groups in total. The van der Waals surface area contributed by atoms with Crippen molar-refractivity contribution in [3.05, 3.63) is 46.8 Å². The van der Waals surface area contributed by atoms with Crippen LogP contribution in [0.1, 0.15) is 5.69 Å². The van der Waals surface area contributed by atoms with Gasteiger partial charge in [-0.3, -0.25) is 4.98 Å². The molecular weight excluding hydrogens is 282 g/mol. The lowest BCUT2D eigenvalue weighted by molar-refractivity contribution is 0.456. The molecule has 0 saturated heterocycles. The lowest BCUT2D eigenvalue weighted by Gasteiger charge is -2.06. The summed E-state index contributed by atoms with van der Waals surface area (Å²) in [4.78, 5) is 8.41. The Balaban J connectivity index is 2.15. The number of hydrogen-bond donors (Lipinski definition) is 1. The molecule has 0 unspecified atom stereocenters. The van der Waals surface area contributed by atoms with Crippen LogP contribution >= 0.6 is 15.9 Å². The van der Waals surface area contributed by atoms with Crippen molar-refractivity contribution in [2.24, 2.45) is 0 Å². The van der Waals surface area contributed by atoms with E-state index in [1.54, 1.807) is 12.4 Å². The van der Waals surface area contributed by atoms with E-state index in [1.807, 2.05) is 31.3 Å². The average Bonchev–Trinajstić information content (AvgIpc) is 2.30. The summed E-state index contributed by atoms with van der Waals surface area (Å²) in [5, 5.41) is 3.02. The van der Waals surface area contributed by atoms with Crippen molar-refractivity contribution in [3.8, 4) is 11.6 Å². The van der Waals surface area contributed by atoms with Crippen LogP contribution in [0.2, 0.25) is 0 Å². The second-order valence-electron chi connectivity index (χ2n) is 3.44. The highest BCUT2D eigenvalue weighted by Crippen LogP contribution is 2.22. The molecule has 5 heteroatoms. The van der Waals surface area contributed by atoms with Gasteiger partial charge in [0, 0.05) is 17.2 Å². The highest BCUT2D eigenvalue weighted by molar-refractivity contribution is 9.10. The van der Waals surface area contributed by atoms with Gasteiger partial charge in [-0.1, -0.05) is 22.0 Å². The normalized spacial score (nSPS) is 10.2. The van der Waals surface area contributed by atoms with Crippen LogP contribution in [0.25, 0.3) is 0 Å². The Morgan fingerprint density at radius 2 is 2.24 bits per heavy atom. The molecule has 4 nitrogen and oxygen atoms in total. The van der Waals surface area contributed by atoms with Crippen LogP contribution in [0.15, 0.2) is 41.1 Å².